The van der Waals surface area contributed by atoms with Crippen LogP contribution in [0.15, 0.2) is 66.7 Å². The number of carboxylic acids is 1. The van der Waals surface area contributed by atoms with Crippen LogP contribution in [0.25, 0.3) is 10.1 Å². The van der Waals surface area contributed by atoms with Crippen molar-refractivity contribution in [3.8, 4) is 0 Å². The van der Waals surface area contributed by atoms with Gasteiger partial charge in [0, 0.05) is 41.3 Å². The molecule has 0 aliphatic carbocycles. The van der Waals surface area contributed by atoms with Crippen molar-refractivity contribution in [1.82, 2.24) is 9.80 Å². The van der Waals surface area contributed by atoms with Crippen LogP contribution in [0, 0.1) is 17.7 Å². The predicted molar refractivity (Wildman–Crippen MR) is 202 cm³/mol. The molecule has 2 aliphatic rings. The molecule has 284 valence electrons. The van der Waals surface area contributed by atoms with Crippen molar-refractivity contribution in [2.24, 2.45) is 11.8 Å². The summed E-state index contributed by atoms with van der Waals surface area (Å²) < 4.78 is 46.0. The van der Waals surface area contributed by atoms with E-state index in [0.717, 1.165) is 61.1 Å². The van der Waals surface area contributed by atoms with E-state index >= 15 is 0 Å². The van der Waals surface area contributed by atoms with Gasteiger partial charge in [0.25, 0.3) is 5.91 Å². The number of fused-ring (bicyclic) bond motifs is 1. The maximum absolute atomic E-state index is 14.0. The van der Waals surface area contributed by atoms with E-state index in [0.29, 0.717) is 58.3 Å². The van der Waals surface area contributed by atoms with Crippen molar-refractivity contribution in [3.63, 3.8) is 0 Å². The SMILES string of the molecule is O=C(O)C(F)(F)F.O=C(c1sc2ccccc2c1Cl)N1CCC(C(=O)N(CCCN2CCC(Cc3ccc(F)cc3)CC2)c2ccc(Cl)c(Cl)c2)CC1. The van der Waals surface area contributed by atoms with Crippen LogP contribution in [-0.2, 0) is 16.0 Å². The standard InChI is InChI=1S/C36H37Cl3FN3O2S.C2HF3O2/c37-30-11-10-28(23-31(30)38)43(17-3-16-41-18-12-25(13-19-41)22-24-6-8-27(40)9-7-24)35(44)26-14-20-42(21-15-26)36(45)34-33(39)29-4-1-2-5-32(29)46-34;3-2(4,5)1(6)7/h1-2,4-11,23,25-26H,3,12-22H2;(H,6,7). The first kappa shape index (κ1) is 40.8. The highest BCUT2D eigenvalue weighted by Crippen LogP contribution is 2.37. The number of carbonyl (C=O) groups is 3. The first-order valence-electron chi connectivity index (χ1n) is 17.2. The van der Waals surface area contributed by atoms with E-state index in [1.165, 1.54) is 29.0 Å². The number of nitrogens with zero attached hydrogens (tertiary/aromatic N) is 3. The van der Waals surface area contributed by atoms with Gasteiger partial charge < -0.3 is 19.8 Å². The third kappa shape index (κ3) is 10.8. The Morgan fingerprint density at radius 1 is 0.868 bits per heavy atom. The molecular weight excluding hydrogens is 777 g/mol. The van der Waals surface area contributed by atoms with Crippen molar-refractivity contribution in [2.75, 3.05) is 44.2 Å². The Balaban J connectivity index is 0.000000705. The molecule has 4 aromatic rings. The van der Waals surface area contributed by atoms with Crippen molar-refractivity contribution < 1.29 is 37.1 Å². The topological polar surface area (TPSA) is 81.2 Å². The zero-order valence-corrected chi connectivity index (χ0v) is 31.6. The average Bonchev–Trinajstić information content (AvgIpc) is 3.48. The van der Waals surface area contributed by atoms with Crippen LogP contribution in [0.2, 0.25) is 15.1 Å². The van der Waals surface area contributed by atoms with Crippen LogP contribution in [0.3, 0.4) is 0 Å². The van der Waals surface area contributed by atoms with Gasteiger partial charge in [0.1, 0.15) is 10.7 Å². The number of halogens is 7. The molecular formula is C38H38Cl3F4N3O4S. The lowest BCUT2D eigenvalue weighted by molar-refractivity contribution is -0.192. The van der Waals surface area contributed by atoms with Gasteiger partial charge in [-0.25, -0.2) is 9.18 Å². The molecule has 2 amide bonds. The van der Waals surface area contributed by atoms with Crippen LogP contribution in [-0.4, -0.2) is 78.1 Å². The normalized spacial score (nSPS) is 15.9. The number of rotatable bonds is 9. The Morgan fingerprint density at radius 3 is 2.11 bits per heavy atom. The van der Waals surface area contributed by atoms with Gasteiger partial charge in [-0.3, -0.25) is 9.59 Å². The lowest BCUT2D eigenvalue weighted by Gasteiger charge is -2.35. The van der Waals surface area contributed by atoms with E-state index in [9.17, 15) is 27.2 Å². The van der Waals surface area contributed by atoms with Gasteiger partial charge in [-0.2, -0.15) is 13.2 Å². The van der Waals surface area contributed by atoms with Gasteiger partial charge in [-0.05, 0) is 106 Å². The summed E-state index contributed by atoms with van der Waals surface area (Å²) in [5.74, 6) is -2.56. The molecule has 7 nitrogen and oxygen atoms in total. The summed E-state index contributed by atoms with van der Waals surface area (Å²) in [7, 11) is 0. The first-order valence-corrected chi connectivity index (χ1v) is 19.2. The fraction of sp³-hybridized carbons (Fsp3) is 0.395. The minimum Gasteiger partial charge on any atom is -0.475 e. The number of hydrogen-bond donors (Lipinski definition) is 1. The van der Waals surface area contributed by atoms with Crippen LogP contribution >= 0.6 is 46.1 Å². The minimum absolute atomic E-state index is 0.0587. The summed E-state index contributed by atoms with van der Waals surface area (Å²) in [6.07, 6.45) is 0.123. The number of likely N-dealkylation sites (tertiary alicyclic amines) is 2. The maximum atomic E-state index is 14.0. The number of anilines is 1. The minimum atomic E-state index is -5.08. The fourth-order valence-electron chi connectivity index (χ4n) is 6.68. The molecule has 0 bridgehead atoms. The number of hydrogen-bond acceptors (Lipinski definition) is 5. The number of benzene rings is 3. The summed E-state index contributed by atoms with van der Waals surface area (Å²) in [6.45, 7) is 4.51. The van der Waals surface area contributed by atoms with Crippen LogP contribution in [0.4, 0.5) is 23.2 Å². The molecule has 0 saturated carbocycles. The van der Waals surface area contributed by atoms with E-state index < -0.39 is 12.1 Å². The summed E-state index contributed by atoms with van der Waals surface area (Å²) >= 11 is 20.6. The average molecular weight is 815 g/mol. The molecule has 0 atom stereocenters. The smallest absolute Gasteiger partial charge is 0.475 e. The van der Waals surface area contributed by atoms with Crippen molar-refractivity contribution >= 4 is 79.7 Å². The zero-order chi connectivity index (χ0) is 38.3. The molecule has 2 fully saturated rings. The number of aliphatic carboxylic acids is 1. The molecule has 3 aromatic carbocycles. The van der Waals surface area contributed by atoms with E-state index in [1.54, 1.807) is 12.1 Å². The largest absolute Gasteiger partial charge is 0.490 e. The molecule has 53 heavy (non-hydrogen) atoms. The van der Waals surface area contributed by atoms with E-state index in [4.69, 9.17) is 44.7 Å². The van der Waals surface area contributed by atoms with Crippen molar-refractivity contribution in [1.29, 1.82) is 0 Å². The highest BCUT2D eigenvalue weighted by molar-refractivity contribution is 7.21. The molecule has 0 radical (unpaired) electrons. The predicted octanol–water partition coefficient (Wildman–Crippen LogP) is 9.86. The Morgan fingerprint density at radius 2 is 1.51 bits per heavy atom. The Hall–Kier alpha value is -3.42. The molecule has 0 spiro atoms. The van der Waals surface area contributed by atoms with Gasteiger partial charge in [-0.15, -0.1) is 11.3 Å². The van der Waals surface area contributed by atoms with E-state index in [1.807, 2.05) is 52.3 Å². The van der Waals surface area contributed by atoms with Crippen LogP contribution < -0.4 is 4.90 Å². The molecule has 3 heterocycles. The third-order valence-electron chi connectivity index (χ3n) is 9.58. The molecule has 1 N–H and O–H groups in total. The summed E-state index contributed by atoms with van der Waals surface area (Å²) in [5.41, 5.74) is 1.93. The summed E-state index contributed by atoms with van der Waals surface area (Å²) in [6, 6.07) is 20.0. The Labute approximate surface area is 324 Å². The number of alkyl halides is 3. The number of amides is 2. The number of piperidine rings is 2. The maximum Gasteiger partial charge on any atom is 0.490 e. The van der Waals surface area contributed by atoms with Gasteiger partial charge in [0.15, 0.2) is 0 Å². The molecule has 2 aliphatic heterocycles. The molecule has 1 aromatic heterocycles. The second kappa shape index (κ2) is 18.3. The Bertz CT molecular complexity index is 1890. The lowest BCUT2D eigenvalue weighted by Crippen LogP contribution is -2.45. The van der Waals surface area contributed by atoms with Crippen molar-refractivity contribution in [3.05, 3.63) is 98.1 Å². The molecule has 0 unspecified atom stereocenters. The number of thiophene rings is 1. The second-order valence-corrected chi connectivity index (χ2v) is 15.4. The molecule has 6 rings (SSSR count). The van der Waals surface area contributed by atoms with Gasteiger partial charge in [-0.1, -0.05) is 65.1 Å². The number of carboxylic acid groups (broad SMARTS) is 1. The summed E-state index contributed by atoms with van der Waals surface area (Å²) in [5, 5.41) is 9.40. The van der Waals surface area contributed by atoms with Gasteiger partial charge >= 0.3 is 12.1 Å². The lowest BCUT2D eigenvalue weighted by atomic mass is 9.90. The third-order valence-corrected chi connectivity index (χ3v) is 12.0. The van der Waals surface area contributed by atoms with Gasteiger partial charge in [0.05, 0.1) is 15.1 Å². The van der Waals surface area contributed by atoms with Crippen LogP contribution in [0.5, 0.6) is 0 Å². The zero-order valence-electron chi connectivity index (χ0n) is 28.6. The van der Waals surface area contributed by atoms with E-state index in [2.05, 4.69) is 4.90 Å². The van der Waals surface area contributed by atoms with E-state index in [-0.39, 0.29) is 23.5 Å². The molecule has 15 heteroatoms. The van der Waals surface area contributed by atoms with Gasteiger partial charge in [0.2, 0.25) is 5.91 Å². The highest BCUT2D eigenvalue weighted by Gasteiger charge is 2.38. The summed E-state index contributed by atoms with van der Waals surface area (Å²) in [4.78, 5) is 43.0. The first-order chi connectivity index (χ1) is 25.2. The quantitative estimate of drug-likeness (QED) is 0.170. The Kier molecular flexibility index (Phi) is 14.1. The fourth-order valence-corrected chi connectivity index (χ4v) is 8.46. The monoisotopic (exact) mass is 813 g/mol. The highest BCUT2D eigenvalue weighted by atomic mass is 35.5. The number of carbonyl (C=O) groups excluding carboxylic acids is 2. The second-order valence-electron chi connectivity index (χ2n) is 13.2. The molecule has 2 saturated heterocycles. The van der Waals surface area contributed by atoms with Crippen LogP contribution in [0.1, 0.15) is 47.3 Å². The van der Waals surface area contributed by atoms with Crippen molar-refractivity contribution in [2.45, 2.75) is 44.7 Å².